The molecule has 0 amide bonds. The number of rotatable bonds is 3. The maximum absolute atomic E-state index is 12.7. The third kappa shape index (κ3) is 2.81. The highest BCUT2D eigenvalue weighted by molar-refractivity contribution is 5.85. The normalized spacial score (nSPS) is 9.88. The second-order valence-electron chi connectivity index (χ2n) is 3.16. The van der Waals surface area contributed by atoms with Gasteiger partial charge in [-0.25, -0.2) is 9.37 Å². The van der Waals surface area contributed by atoms with Crippen LogP contribution in [0.25, 0.3) is 11.3 Å². The lowest BCUT2D eigenvalue weighted by molar-refractivity contribution is 0.491. The molecule has 0 aliphatic carbocycles. The zero-order valence-corrected chi connectivity index (χ0v) is 9.55. The second-order valence-corrected chi connectivity index (χ2v) is 3.16. The van der Waals surface area contributed by atoms with E-state index in [4.69, 9.17) is 4.42 Å². The summed E-state index contributed by atoms with van der Waals surface area (Å²) in [6.07, 6.45) is 1.64. The molecule has 2 aromatic rings. The maximum atomic E-state index is 12.7. The molecule has 86 valence electrons. The van der Waals surface area contributed by atoms with Crippen LogP contribution in [-0.2, 0) is 6.54 Å². The van der Waals surface area contributed by atoms with E-state index in [0.29, 0.717) is 18.2 Å². The maximum Gasteiger partial charge on any atom is 0.208 e. The summed E-state index contributed by atoms with van der Waals surface area (Å²) >= 11 is 0. The lowest BCUT2D eigenvalue weighted by Gasteiger charge is -1.95. The van der Waals surface area contributed by atoms with Crippen molar-refractivity contribution in [2.75, 3.05) is 7.05 Å². The number of nitrogens with one attached hydrogen (secondary N) is 1. The SMILES string of the molecule is CNCc1ncc(-c2ccc(F)cc2)o1.Cl. The Bertz CT molecular complexity index is 442. The van der Waals surface area contributed by atoms with Crippen molar-refractivity contribution < 1.29 is 8.81 Å². The first-order valence-electron chi connectivity index (χ1n) is 4.65. The van der Waals surface area contributed by atoms with Crippen LogP contribution >= 0.6 is 12.4 Å². The highest BCUT2D eigenvalue weighted by Gasteiger charge is 2.05. The van der Waals surface area contributed by atoms with E-state index in [-0.39, 0.29) is 18.2 Å². The largest absolute Gasteiger partial charge is 0.439 e. The Morgan fingerprint density at radius 3 is 2.62 bits per heavy atom. The van der Waals surface area contributed by atoms with Crippen molar-refractivity contribution in [3.63, 3.8) is 0 Å². The molecule has 0 unspecified atom stereocenters. The third-order valence-corrected chi connectivity index (χ3v) is 2.01. The van der Waals surface area contributed by atoms with Gasteiger partial charge in [0.15, 0.2) is 5.76 Å². The number of benzene rings is 1. The number of hydrogen-bond acceptors (Lipinski definition) is 3. The highest BCUT2D eigenvalue weighted by atomic mass is 35.5. The summed E-state index contributed by atoms with van der Waals surface area (Å²) < 4.78 is 18.1. The number of halogens is 2. The van der Waals surface area contributed by atoms with Gasteiger partial charge in [0.25, 0.3) is 0 Å². The van der Waals surface area contributed by atoms with Gasteiger partial charge in [0.05, 0.1) is 12.7 Å². The van der Waals surface area contributed by atoms with Gasteiger partial charge in [0, 0.05) is 5.56 Å². The minimum atomic E-state index is -0.256. The van der Waals surface area contributed by atoms with Crippen LogP contribution in [0.5, 0.6) is 0 Å². The van der Waals surface area contributed by atoms with Crippen molar-refractivity contribution in [2.45, 2.75) is 6.54 Å². The molecule has 1 aromatic carbocycles. The molecule has 1 N–H and O–H groups in total. The number of oxazole rings is 1. The van der Waals surface area contributed by atoms with E-state index in [0.717, 1.165) is 5.56 Å². The van der Waals surface area contributed by atoms with Gasteiger partial charge >= 0.3 is 0 Å². The third-order valence-electron chi connectivity index (χ3n) is 2.01. The first-order chi connectivity index (χ1) is 7.29. The summed E-state index contributed by atoms with van der Waals surface area (Å²) in [5.41, 5.74) is 0.825. The molecule has 0 spiro atoms. The van der Waals surface area contributed by atoms with Crippen molar-refractivity contribution in [3.8, 4) is 11.3 Å². The molecule has 0 radical (unpaired) electrons. The lowest BCUT2D eigenvalue weighted by atomic mass is 10.2. The van der Waals surface area contributed by atoms with Gasteiger partial charge in [0.2, 0.25) is 5.89 Å². The molecule has 0 bridgehead atoms. The summed E-state index contributed by atoms with van der Waals surface area (Å²) in [4.78, 5) is 4.08. The Hall–Kier alpha value is -1.39. The van der Waals surface area contributed by atoms with Crippen LogP contribution in [0, 0.1) is 5.82 Å². The fourth-order valence-electron chi connectivity index (χ4n) is 1.29. The van der Waals surface area contributed by atoms with Crippen molar-refractivity contribution >= 4 is 12.4 Å². The molecule has 0 aliphatic heterocycles. The summed E-state index contributed by atoms with van der Waals surface area (Å²) in [5, 5.41) is 2.94. The van der Waals surface area contributed by atoms with Crippen LogP contribution in [-0.4, -0.2) is 12.0 Å². The van der Waals surface area contributed by atoms with Gasteiger partial charge in [-0.3, -0.25) is 0 Å². The van der Waals surface area contributed by atoms with Crippen LogP contribution in [0.1, 0.15) is 5.89 Å². The molecular weight excluding hydrogens is 231 g/mol. The van der Waals surface area contributed by atoms with E-state index in [2.05, 4.69) is 10.3 Å². The van der Waals surface area contributed by atoms with Crippen molar-refractivity contribution in [3.05, 3.63) is 42.2 Å². The quantitative estimate of drug-likeness (QED) is 0.899. The lowest BCUT2D eigenvalue weighted by Crippen LogP contribution is -2.04. The molecule has 0 saturated heterocycles. The molecule has 2 rings (SSSR count). The molecular formula is C11H12ClFN2O. The highest BCUT2D eigenvalue weighted by Crippen LogP contribution is 2.20. The van der Waals surface area contributed by atoms with E-state index in [1.165, 1.54) is 12.1 Å². The molecule has 1 heterocycles. The molecule has 0 atom stereocenters. The number of hydrogen-bond donors (Lipinski definition) is 1. The van der Waals surface area contributed by atoms with Gasteiger partial charge < -0.3 is 9.73 Å². The van der Waals surface area contributed by atoms with Gasteiger partial charge in [-0.15, -0.1) is 12.4 Å². The number of aromatic nitrogens is 1. The number of nitrogens with zero attached hydrogens (tertiary/aromatic N) is 1. The topological polar surface area (TPSA) is 38.1 Å². The minimum absolute atomic E-state index is 0. The molecule has 16 heavy (non-hydrogen) atoms. The van der Waals surface area contributed by atoms with Gasteiger partial charge in [-0.05, 0) is 31.3 Å². The average molecular weight is 243 g/mol. The summed E-state index contributed by atoms with van der Waals surface area (Å²) in [6, 6.07) is 6.13. The van der Waals surface area contributed by atoms with E-state index < -0.39 is 0 Å². The zero-order valence-electron chi connectivity index (χ0n) is 8.74. The molecule has 3 nitrogen and oxygen atoms in total. The van der Waals surface area contributed by atoms with Crippen LogP contribution in [0.4, 0.5) is 4.39 Å². The Morgan fingerprint density at radius 2 is 2.00 bits per heavy atom. The van der Waals surface area contributed by atoms with Gasteiger partial charge in [0.1, 0.15) is 5.82 Å². The van der Waals surface area contributed by atoms with Crippen molar-refractivity contribution in [2.24, 2.45) is 0 Å². The fourth-order valence-corrected chi connectivity index (χ4v) is 1.29. The second kappa shape index (κ2) is 5.63. The fraction of sp³-hybridized carbons (Fsp3) is 0.182. The molecule has 5 heteroatoms. The molecule has 0 aliphatic rings. The Kier molecular flexibility index (Phi) is 4.46. The first-order valence-corrected chi connectivity index (χ1v) is 4.65. The van der Waals surface area contributed by atoms with E-state index in [9.17, 15) is 4.39 Å². The predicted molar refractivity (Wildman–Crippen MR) is 61.9 cm³/mol. The monoisotopic (exact) mass is 242 g/mol. The van der Waals surface area contributed by atoms with Crippen molar-refractivity contribution in [1.82, 2.24) is 10.3 Å². The zero-order chi connectivity index (χ0) is 10.7. The van der Waals surface area contributed by atoms with E-state index in [1.54, 1.807) is 18.3 Å². The Balaban J connectivity index is 0.00000128. The smallest absolute Gasteiger partial charge is 0.208 e. The minimum Gasteiger partial charge on any atom is -0.439 e. The van der Waals surface area contributed by atoms with Crippen molar-refractivity contribution in [1.29, 1.82) is 0 Å². The average Bonchev–Trinajstić information content (AvgIpc) is 2.68. The van der Waals surface area contributed by atoms with Gasteiger partial charge in [-0.2, -0.15) is 0 Å². The molecule has 0 saturated carbocycles. The van der Waals surface area contributed by atoms with E-state index in [1.807, 2.05) is 7.05 Å². The van der Waals surface area contributed by atoms with Crippen LogP contribution < -0.4 is 5.32 Å². The standard InChI is InChI=1S/C11H11FN2O.ClH/c1-13-7-11-14-6-10(15-11)8-2-4-9(12)5-3-8;/h2-6,13H,7H2,1H3;1H. The van der Waals surface area contributed by atoms with Crippen LogP contribution in [0.3, 0.4) is 0 Å². The first kappa shape index (κ1) is 12.7. The van der Waals surface area contributed by atoms with E-state index >= 15 is 0 Å². The summed E-state index contributed by atoms with van der Waals surface area (Å²) in [5.74, 6) is 1.02. The van der Waals surface area contributed by atoms with Gasteiger partial charge in [-0.1, -0.05) is 0 Å². The summed E-state index contributed by atoms with van der Waals surface area (Å²) in [7, 11) is 1.82. The molecule has 0 fully saturated rings. The predicted octanol–water partition coefficient (Wildman–Crippen LogP) is 2.62. The Labute approximate surface area is 99.1 Å². The Morgan fingerprint density at radius 1 is 1.31 bits per heavy atom. The summed E-state index contributed by atoms with van der Waals surface area (Å²) in [6.45, 7) is 0.585. The molecule has 1 aromatic heterocycles. The van der Waals surface area contributed by atoms with Crippen LogP contribution in [0.2, 0.25) is 0 Å². The van der Waals surface area contributed by atoms with Crippen LogP contribution in [0.15, 0.2) is 34.9 Å².